The Morgan fingerprint density at radius 2 is 1.26 bits per heavy atom. The molecule has 2 heterocycles. The Kier molecular flexibility index (Phi) is 29.6. The Morgan fingerprint density at radius 3 is 1.90 bits per heavy atom. The molecule has 62 heavy (non-hydrogen) atoms. The molecule has 3 unspecified atom stereocenters. The van der Waals surface area contributed by atoms with Gasteiger partial charge >= 0.3 is 19.8 Å². The van der Waals surface area contributed by atoms with E-state index >= 15 is 0 Å². The molecule has 0 amide bonds. The van der Waals surface area contributed by atoms with Crippen LogP contribution in [0.5, 0.6) is 0 Å². The van der Waals surface area contributed by atoms with Gasteiger partial charge in [0.15, 0.2) is 6.10 Å². The molecule has 0 aromatic carbocycles. The van der Waals surface area contributed by atoms with Gasteiger partial charge in [0.25, 0.3) is 0 Å². The molecule has 1 saturated heterocycles. The number of allylic oxidation sites excluding steroid dienone is 5. The summed E-state index contributed by atoms with van der Waals surface area (Å²) >= 11 is 0. The van der Waals surface area contributed by atoms with E-state index in [4.69, 9.17) is 27.7 Å². The van der Waals surface area contributed by atoms with Crippen LogP contribution in [0.3, 0.4) is 0 Å². The van der Waals surface area contributed by atoms with Gasteiger partial charge in [0, 0.05) is 25.7 Å². The van der Waals surface area contributed by atoms with E-state index in [2.05, 4.69) is 64.2 Å². The highest BCUT2D eigenvalue weighted by Crippen LogP contribution is 2.43. The van der Waals surface area contributed by atoms with Crippen molar-refractivity contribution in [3.05, 3.63) is 59.1 Å². The fourth-order valence-corrected chi connectivity index (χ4v) is 7.84. The third-order valence-corrected chi connectivity index (χ3v) is 12.3. The van der Waals surface area contributed by atoms with Crippen LogP contribution >= 0.6 is 7.82 Å². The van der Waals surface area contributed by atoms with E-state index < -0.39 is 32.5 Å². The molecule has 1 fully saturated rings. The Balaban J connectivity index is 1.63. The highest BCUT2D eigenvalue weighted by Gasteiger charge is 2.36. The highest BCUT2D eigenvalue weighted by molar-refractivity contribution is 7.47. The summed E-state index contributed by atoms with van der Waals surface area (Å²) in [5.74, 6) is 1.44. The Labute approximate surface area is 376 Å². The Hall–Kier alpha value is -2.53. The number of furan rings is 1. The largest absolute Gasteiger partial charge is 0.472 e. The van der Waals surface area contributed by atoms with Crippen molar-refractivity contribution in [2.45, 2.75) is 200 Å². The van der Waals surface area contributed by atoms with Gasteiger partial charge in [-0.25, -0.2) is 4.57 Å². The number of ether oxygens (including phenoxy) is 3. The summed E-state index contributed by atoms with van der Waals surface area (Å²) in [5.41, 5.74) is 2.65. The minimum absolute atomic E-state index is 0.0133. The van der Waals surface area contributed by atoms with Crippen LogP contribution in [-0.4, -0.2) is 87.1 Å². The van der Waals surface area contributed by atoms with Crippen molar-refractivity contribution in [2.24, 2.45) is 0 Å². The second kappa shape index (κ2) is 33.0. The molecule has 11 nitrogen and oxygen atoms in total. The van der Waals surface area contributed by atoms with E-state index in [1.165, 1.54) is 74.7 Å². The Bertz CT molecular complexity index is 1490. The van der Waals surface area contributed by atoms with Crippen LogP contribution in [0.1, 0.15) is 178 Å². The number of likely N-dealkylation sites (N-methyl/N-ethyl adjacent to an activating group) is 1. The lowest BCUT2D eigenvalue weighted by Crippen LogP contribution is -2.37. The van der Waals surface area contributed by atoms with Crippen molar-refractivity contribution in [1.29, 1.82) is 0 Å². The van der Waals surface area contributed by atoms with Gasteiger partial charge in [0.05, 0.1) is 40.0 Å². The molecule has 1 aromatic heterocycles. The fourth-order valence-electron chi connectivity index (χ4n) is 7.10. The molecule has 0 aliphatic carbocycles. The number of rotatable bonds is 39. The number of nitrogens with zero attached hydrogens (tertiary/aromatic N) is 1. The molecule has 4 atom stereocenters. The number of aryl methyl sites for hydroxylation is 2. The van der Waals surface area contributed by atoms with Gasteiger partial charge in [-0.2, -0.15) is 0 Å². The van der Waals surface area contributed by atoms with E-state index in [9.17, 15) is 19.0 Å². The number of epoxide rings is 1. The summed E-state index contributed by atoms with van der Waals surface area (Å²) in [6.45, 7) is 8.63. The normalized spacial score (nSPS) is 17.0. The number of esters is 2. The number of hydrogen-bond donors (Lipinski definition) is 1. The summed E-state index contributed by atoms with van der Waals surface area (Å²) in [6, 6.07) is 0. The van der Waals surface area contributed by atoms with E-state index in [0.29, 0.717) is 36.1 Å². The topological polar surface area (TPSA) is 134 Å². The lowest BCUT2D eigenvalue weighted by molar-refractivity contribution is -0.870. The van der Waals surface area contributed by atoms with E-state index in [0.717, 1.165) is 76.4 Å². The first kappa shape index (κ1) is 55.6. The van der Waals surface area contributed by atoms with Crippen LogP contribution in [0.2, 0.25) is 0 Å². The molecule has 0 radical (unpaired) electrons. The van der Waals surface area contributed by atoms with Gasteiger partial charge in [-0.1, -0.05) is 121 Å². The average molecular weight is 893 g/mol. The highest BCUT2D eigenvalue weighted by atomic mass is 31.2. The third kappa shape index (κ3) is 28.3. The van der Waals surface area contributed by atoms with Crippen LogP contribution in [0.25, 0.3) is 0 Å². The lowest BCUT2D eigenvalue weighted by atomic mass is 10.0. The fraction of sp³-hybridized carbons (Fsp3) is 0.760. The van der Waals surface area contributed by atoms with Crippen molar-refractivity contribution in [1.82, 2.24) is 0 Å². The maximum absolute atomic E-state index is 12.8. The number of hydrogen-bond acceptors (Lipinski definition) is 9. The molecule has 1 aliphatic heterocycles. The molecule has 1 aliphatic rings. The molecule has 0 bridgehead atoms. The number of carbonyl (C=O) groups excluding carboxylic acids is 2. The second-order valence-electron chi connectivity index (χ2n) is 18.1. The first-order valence-corrected chi connectivity index (χ1v) is 25.7. The molecule has 12 heteroatoms. The zero-order valence-corrected chi connectivity index (χ0v) is 40.9. The van der Waals surface area contributed by atoms with Gasteiger partial charge in [0.1, 0.15) is 31.3 Å². The minimum Gasteiger partial charge on any atom is -0.466 e. The summed E-state index contributed by atoms with van der Waals surface area (Å²) in [6.07, 6.45) is 36.2. The van der Waals surface area contributed by atoms with Crippen molar-refractivity contribution in [2.75, 3.05) is 47.5 Å². The molecular weight excluding hydrogens is 806 g/mol. The number of unbranched alkanes of at least 4 members (excludes halogenated alkanes) is 12. The van der Waals surface area contributed by atoms with Crippen LogP contribution in [-0.2, 0) is 50.3 Å². The zero-order valence-electron chi connectivity index (χ0n) is 40.0. The van der Waals surface area contributed by atoms with Crippen LogP contribution in [0.4, 0.5) is 0 Å². The second-order valence-corrected chi connectivity index (χ2v) is 19.6. The quantitative estimate of drug-likeness (QED) is 0.0170. The molecular formula is C50H87NO10P+. The SMILES string of the molecule is CCCCCc1oc(CCCCCCCCCCC(=O)O[C@H](COC(=O)CCC/C=C\C/C=C\C/C=C\CC2OC2CCCCC)COP(=O)(O)OCC[N+](C)(C)C)c(C)c1C. The number of phosphoric ester groups is 1. The predicted octanol–water partition coefficient (Wildman–Crippen LogP) is 12.3. The zero-order chi connectivity index (χ0) is 45.5. The van der Waals surface area contributed by atoms with E-state index in [1.807, 2.05) is 21.1 Å². The summed E-state index contributed by atoms with van der Waals surface area (Å²) < 4.78 is 46.4. The van der Waals surface area contributed by atoms with Crippen LogP contribution in [0, 0.1) is 13.8 Å². The Morgan fingerprint density at radius 1 is 0.694 bits per heavy atom. The maximum atomic E-state index is 12.8. The molecule has 356 valence electrons. The number of quaternary nitrogens is 1. The third-order valence-electron chi connectivity index (χ3n) is 11.3. The minimum atomic E-state index is -4.41. The van der Waals surface area contributed by atoms with Crippen molar-refractivity contribution < 1.29 is 51.2 Å². The molecule has 1 aromatic rings. The monoisotopic (exact) mass is 893 g/mol. The molecule has 0 spiro atoms. The summed E-state index contributed by atoms with van der Waals surface area (Å²) in [5, 5.41) is 0. The maximum Gasteiger partial charge on any atom is 0.472 e. The van der Waals surface area contributed by atoms with Crippen molar-refractivity contribution in [3.8, 4) is 0 Å². The standard InChI is InChI=1S/C50H86NO10P/c1-8-10-26-32-45-42(3)43(4)46(60-45)33-28-22-18-16-17-21-25-31-37-50(53)59-44(41-58-62(54,55)57-39-38-51(5,6)7)40-56-49(52)36-30-24-20-15-13-12-14-19-23-29-35-48-47(61-48)34-27-11-9-2/h12,14-15,20,23,29,44,47-48H,8-11,13,16-19,21-22,24-28,30-41H2,1-7H3/p+1/b14-12-,20-15-,29-23-/t44-,47?,48?/m1/s1. The van der Waals surface area contributed by atoms with Crippen LogP contribution < -0.4 is 0 Å². The summed E-state index contributed by atoms with van der Waals surface area (Å²) in [4.78, 5) is 35.6. The molecule has 0 saturated carbocycles. The van der Waals surface area contributed by atoms with Gasteiger partial charge in [-0.15, -0.1) is 0 Å². The van der Waals surface area contributed by atoms with Gasteiger partial charge < -0.3 is 28.0 Å². The van der Waals surface area contributed by atoms with E-state index in [-0.39, 0.29) is 26.1 Å². The first-order chi connectivity index (χ1) is 29.7. The molecule has 1 N–H and O–H groups in total. The molecule has 2 rings (SSSR count). The number of phosphoric acid groups is 1. The van der Waals surface area contributed by atoms with Crippen LogP contribution in [0.15, 0.2) is 40.9 Å². The van der Waals surface area contributed by atoms with Crippen molar-refractivity contribution in [3.63, 3.8) is 0 Å². The lowest BCUT2D eigenvalue weighted by Gasteiger charge is -2.24. The van der Waals surface area contributed by atoms with E-state index in [1.54, 1.807) is 0 Å². The average Bonchev–Trinajstić information content (AvgIpc) is 3.92. The first-order valence-electron chi connectivity index (χ1n) is 24.2. The number of carbonyl (C=O) groups is 2. The van der Waals surface area contributed by atoms with Gasteiger partial charge in [-0.05, 0) is 82.8 Å². The van der Waals surface area contributed by atoms with Gasteiger partial charge in [-0.3, -0.25) is 18.6 Å². The smallest absolute Gasteiger partial charge is 0.466 e. The van der Waals surface area contributed by atoms with Gasteiger partial charge in [0.2, 0.25) is 0 Å². The predicted molar refractivity (Wildman–Crippen MR) is 250 cm³/mol. The summed E-state index contributed by atoms with van der Waals surface area (Å²) in [7, 11) is 1.42. The van der Waals surface area contributed by atoms with Crippen molar-refractivity contribution >= 4 is 19.8 Å².